The maximum absolute atomic E-state index is 13.4. The van der Waals surface area contributed by atoms with Gasteiger partial charge < -0.3 is 9.30 Å². The van der Waals surface area contributed by atoms with Gasteiger partial charge in [-0.1, -0.05) is 62.4 Å². The maximum Gasteiger partial charge on any atom is 0.243 e. The molecule has 198 valence electrons. The highest BCUT2D eigenvalue weighted by Crippen LogP contribution is 2.36. The fourth-order valence-electron chi connectivity index (χ4n) is 5.47. The van der Waals surface area contributed by atoms with E-state index in [0.717, 1.165) is 18.7 Å². The molecule has 0 saturated heterocycles. The summed E-state index contributed by atoms with van der Waals surface area (Å²) in [5.74, 6) is 1.38. The lowest BCUT2D eigenvalue weighted by Crippen LogP contribution is -2.34. The normalized spacial score (nSPS) is 14.7. The molecule has 0 atom stereocenters. The van der Waals surface area contributed by atoms with E-state index in [0.29, 0.717) is 30.3 Å². The Labute approximate surface area is 226 Å². The molecule has 1 aliphatic rings. The van der Waals surface area contributed by atoms with Crippen LogP contribution in [0.15, 0.2) is 83.8 Å². The SMILES string of the molecule is COc1ccc(Cn2c(C)c(C3=CCN(S(=O)(=O)c4ccc(CC(C)C)cc4)CC3)c3ccccc32)cc1. The summed E-state index contributed by atoms with van der Waals surface area (Å²) in [6.07, 6.45) is 3.73. The van der Waals surface area contributed by atoms with E-state index in [1.807, 2.05) is 24.3 Å². The van der Waals surface area contributed by atoms with Crippen LogP contribution in [0.2, 0.25) is 0 Å². The third kappa shape index (κ3) is 5.16. The van der Waals surface area contributed by atoms with E-state index in [2.05, 4.69) is 67.8 Å². The van der Waals surface area contributed by atoms with Crippen LogP contribution in [0.3, 0.4) is 0 Å². The van der Waals surface area contributed by atoms with Crippen LogP contribution < -0.4 is 4.74 Å². The van der Waals surface area contributed by atoms with Gasteiger partial charge in [-0.3, -0.25) is 0 Å². The molecule has 0 fully saturated rings. The highest BCUT2D eigenvalue weighted by molar-refractivity contribution is 7.89. The zero-order valence-electron chi connectivity index (χ0n) is 22.6. The predicted molar refractivity (Wildman–Crippen MR) is 155 cm³/mol. The standard InChI is InChI=1S/C32H36N2O3S/c1-23(2)21-25-11-15-29(16-12-25)38(35,36)33-19-17-27(18-20-33)32-24(3)34(31-8-6-5-7-30(31)32)22-26-9-13-28(37-4)14-10-26/h5-17,23H,18-22H2,1-4H3. The van der Waals surface area contributed by atoms with Crippen LogP contribution >= 0.6 is 0 Å². The van der Waals surface area contributed by atoms with Gasteiger partial charge in [-0.15, -0.1) is 0 Å². The highest BCUT2D eigenvalue weighted by Gasteiger charge is 2.28. The molecule has 2 heterocycles. The summed E-state index contributed by atoms with van der Waals surface area (Å²) in [5, 5.41) is 1.21. The zero-order valence-corrected chi connectivity index (χ0v) is 23.5. The van der Waals surface area contributed by atoms with Gasteiger partial charge in [-0.2, -0.15) is 4.31 Å². The van der Waals surface area contributed by atoms with Crippen molar-refractivity contribution in [3.05, 3.63) is 101 Å². The maximum atomic E-state index is 13.4. The lowest BCUT2D eigenvalue weighted by molar-refractivity contribution is 0.414. The molecule has 3 aromatic carbocycles. The number of nitrogens with zero attached hydrogens (tertiary/aromatic N) is 2. The molecule has 5 nitrogen and oxygen atoms in total. The van der Waals surface area contributed by atoms with E-state index in [4.69, 9.17) is 4.74 Å². The Kier molecular flexibility index (Phi) is 7.46. The van der Waals surface area contributed by atoms with Gasteiger partial charge in [-0.25, -0.2) is 8.42 Å². The van der Waals surface area contributed by atoms with Gasteiger partial charge in [0.1, 0.15) is 5.75 Å². The summed E-state index contributed by atoms with van der Waals surface area (Å²) in [6, 6.07) is 24.1. The second kappa shape index (κ2) is 10.8. The molecule has 0 unspecified atom stereocenters. The van der Waals surface area contributed by atoms with E-state index in [1.165, 1.54) is 38.9 Å². The Morgan fingerprint density at radius 3 is 2.24 bits per heavy atom. The fourth-order valence-corrected chi connectivity index (χ4v) is 6.85. The molecular formula is C32H36N2O3S. The van der Waals surface area contributed by atoms with Gasteiger partial charge in [0.05, 0.1) is 12.0 Å². The van der Waals surface area contributed by atoms with Crippen molar-refractivity contribution in [2.24, 2.45) is 5.92 Å². The molecule has 0 spiro atoms. The first-order chi connectivity index (χ1) is 18.3. The van der Waals surface area contributed by atoms with E-state index in [1.54, 1.807) is 23.5 Å². The molecule has 0 N–H and O–H groups in total. The quantitative estimate of drug-likeness (QED) is 0.256. The van der Waals surface area contributed by atoms with Gasteiger partial charge in [0.25, 0.3) is 0 Å². The molecule has 0 saturated carbocycles. The second-order valence-corrected chi connectivity index (χ2v) is 12.4. The fraction of sp³-hybridized carbons (Fsp3) is 0.312. The molecule has 1 aromatic heterocycles. The predicted octanol–water partition coefficient (Wildman–Crippen LogP) is 6.68. The van der Waals surface area contributed by atoms with Crippen LogP contribution in [-0.2, 0) is 23.0 Å². The smallest absolute Gasteiger partial charge is 0.243 e. The lowest BCUT2D eigenvalue weighted by atomic mass is 9.97. The third-order valence-electron chi connectivity index (χ3n) is 7.43. The van der Waals surface area contributed by atoms with Gasteiger partial charge >= 0.3 is 0 Å². The van der Waals surface area contributed by atoms with Crippen LogP contribution in [0.25, 0.3) is 16.5 Å². The van der Waals surface area contributed by atoms with Gasteiger partial charge in [0.2, 0.25) is 10.0 Å². The molecule has 1 aliphatic heterocycles. The van der Waals surface area contributed by atoms with Crippen molar-refractivity contribution >= 4 is 26.5 Å². The van der Waals surface area contributed by atoms with E-state index in [9.17, 15) is 8.42 Å². The first-order valence-corrected chi connectivity index (χ1v) is 14.7. The molecule has 4 aromatic rings. The van der Waals surface area contributed by atoms with Crippen molar-refractivity contribution in [2.75, 3.05) is 20.2 Å². The molecule has 0 aliphatic carbocycles. The molecule has 6 heteroatoms. The van der Waals surface area contributed by atoms with E-state index in [-0.39, 0.29) is 0 Å². The summed E-state index contributed by atoms with van der Waals surface area (Å²) in [5.41, 5.74) is 7.20. The van der Waals surface area contributed by atoms with Crippen LogP contribution in [0.4, 0.5) is 0 Å². The van der Waals surface area contributed by atoms with Gasteiger partial charge in [0.15, 0.2) is 0 Å². The third-order valence-corrected chi connectivity index (χ3v) is 9.31. The van der Waals surface area contributed by atoms with Crippen LogP contribution in [0.1, 0.15) is 42.7 Å². The van der Waals surface area contributed by atoms with Crippen molar-refractivity contribution in [1.29, 1.82) is 0 Å². The topological polar surface area (TPSA) is 51.5 Å². The molecule has 38 heavy (non-hydrogen) atoms. The number of fused-ring (bicyclic) bond motifs is 1. The monoisotopic (exact) mass is 528 g/mol. The van der Waals surface area contributed by atoms with Crippen molar-refractivity contribution < 1.29 is 13.2 Å². The Bertz CT molecular complexity index is 1560. The Morgan fingerprint density at radius 1 is 0.921 bits per heavy atom. The number of hydrogen-bond acceptors (Lipinski definition) is 3. The van der Waals surface area contributed by atoms with Crippen molar-refractivity contribution in [2.45, 2.75) is 45.1 Å². The first-order valence-electron chi connectivity index (χ1n) is 13.3. The number of para-hydroxylation sites is 1. The molecule has 0 radical (unpaired) electrons. The minimum Gasteiger partial charge on any atom is -0.497 e. The minimum absolute atomic E-state index is 0.370. The summed E-state index contributed by atoms with van der Waals surface area (Å²) < 4.78 is 36.0. The van der Waals surface area contributed by atoms with Gasteiger partial charge in [0, 0.05) is 41.8 Å². The largest absolute Gasteiger partial charge is 0.497 e. The van der Waals surface area contributed by atoms with Crippen LogP contribution in [-0.4, -0.2) is 37.5 Å². The molecule has 0 amide bonds. The minimum atomic E-state index is -3.53. The Morgan fingerprint density at radius 2 is 1.61 bits per heavy atom. The summed E-state index contributed by atoms with van der Waals surface area (Å²) in [4.78, 5) is 0.370. The van der Waals surface area contributed by atoms with Crippen molar-refractivity contribution in [3.8, 4) is 5.75 Å². The average Bonchev–Trinajstić information content (AvgIpc) is 3.20. The first kappa shape index (κ1) is 26.3. The average molecular weight is 529 g/mol. The van der Waals surface area contributed by atoms with E-state index >= 15 is 0 Å². The summed E-state index contributed by atoms with van der Waals surface area (Å²) in [6.45, 7) is 8.11. The molecule has 5 rings (SSSR count). The van der Waals surface area contributed by atoms with Gasteiger partial charge in [-0.05, 0) is 72.7 Å². The van der Waals surface area contributed by atoms with Crippen molar-refractivity contribution in [3.63, 3.8) is 0 Å². The molecular weight excluding hydrogens is 492 g/mol. The Hall–Kier alpha value is -3.35. The number of rotatable bonds is 8. The van der Waals surface area contributed by atoms with Crippen LogP contribution in [0.5, 0.6) is 5.75 Å². The lowest BCUT2D eigenvalue weighted by Gasteiger charge is -2.26. The number of aromatic nitrogens is 1. The summed E-state index contributed by atoms with van der Waals surface area (Å²) in [7, 11) is -1.85. The number of ether oxygens (including phenoxy) is 1. The summed E-state index contributed by atoms with van der Waals surface area (Å²) >= 11 is 0. The van der Waals surface area contributed by atoms with Crippen LogP contribution in [0, 0.1) is 12.8 Å². The van der Waals surface area contributed by atoms with Crippen molar-refractivity contribution in [1.82, 2.24) is 8.87 Å². The highest BCUT2D eigenvalue weighted by atomic mass is 32.2. The zero-order chi connectivity index (χ0) is 26.9. The number of methoxy groups -OCH3 is 1. The number of hydrogen-bond donors (Lipinski definition) is 0. The van der Waals surface area contributed by atoms with E-state index < -0.39 is 10.0 Å². The number of sulfonamides is 1. The second-order valence-electron chi connectivity index (χ2n) is 10.5. The Balaban J connectivity index is 1.41. The number of benzene rings is 3. The molecule has 0 bridgehead atoms.